The number of hydrogen-bond acceptors (Lipinski definition) is 2. The van der Waals surface area contributed by atoms with Gasteiger partial charge in [-0.1, -0.05) is 12.1 Å². The van der Waals surface area contributed by atoms with Gasteiger partial charge in [-0.25, -0.2) is 14.0 Å². The molecular weight excluding hydrogens is 229 g/mol. The summed E-state index contributed by atoms with van der Waals surface area (Å²) in [5.41, 5.74) is 0.876. The van der Waals surface area contributed by atoms with E-state index < -0.39 is 23.9 Å². The van der Waals surface area contributed by atoms with Gasteiger partial charge >= 0.3 is 12.1 Å². The summed E-state index contributed by atoms with van der Waals surface area (Å²) in [5, 5.41) is 19.1. The fraction of sp³-hybridized carbons (Fsp3) is 0.273. The molecule has 0 saturated heterocycles. The lowest BCUT2D eigenvalue weighted by Gasteiger charge is -2.12. The molecule has 0 radical (unpaired) electrons. The third kappa shape index (κ3) is 3.75. The van der Waals surface area contributed by atoms with Crippen molar-refractivity contribution < 1.29 is 24.2 Å². The fourth-order valence-electron chi connectivity index (χ4n) is 1.39. The number of carboxylic acids is 1. The maximum atomic E-state index is 13.4. The van der Waals surface area contributed by atoms with Crippen molar-refractivity contribution in [2.75, 3.05) is 0 Å². The first kappa shape index (κ1) is 13.0. The van der Waals surface area contributed by atoms with Gasteiger partial charge in [0.25, 0.3) is 0 Å². The Morgan fingerprint density at radius 2 is 2.06 bits per heavy atom. The average molecular weight is 241 g/mol. The van der Waals surface area contributed by atoms with E-state index in [1.807, 2.05) is 5.32 Å². The van der Waals surface area contributed by atoms with Gasteiger partial charge in [-0.15, -0.1) is 0 Å². The number of amides is 1. The van der Waals surface area contributed by atoms with Crippen molar-refractivity contribution in [1.29, 1.82) is 0 Å². The van der Waals surface area contributed by atoms with E-state index >= 15 is 0 Å². The van der Waals surface area contributed by atoms with Gasteiger partial charge in [0, 0.05) is 6.42 Å². The van der Waals surface area contributed by atoms with E-state index in [0.29, 0.717) is 5.56 Å². The largest absolute Gasteiger partial charge is 0.480 e. The lowest BCUT2D eigenvalue weighted by molar-refractivity contribution is -0.139. The Balaban J connectivity index is 2.86. The van der Waals surface area contributed by atoms with Crippen LogP contribution in [0.25, 0.3) is 0 Å². The molecule has 0 aliphatic rings. The number of hydrogen-bond donors (Lipinski definition) is 3. The Morgan fingerprint density at radius 3 is 2.53 bits per heavy atom. The van der Waals surface area contributed by atoms with E-state index in [-0.39, 0.29) is 12.0 Å². The number of aryl methyl sites for hydroxylation is 1. The molecule has 0 aliphatic heterocycles. The Labute approximate surface area is 96.9 Å². The lowest BCUT2D eigenvalue weighted by atomic mass is 10.0. The molecule has 1 rings (SSSR count). The third-order valence-corrected chi connectivity index (χ3v) is 2.23. The standard InChI is InChI=1S/C11H12FNO4/c1-6-2-3-7(8(12)4-6)5-9(10(14)15)13-11(16)17/h2-4,9,13H,5H2,1H3,(H,14,15)(H,16,17)/t9-/m0/s1. The van der Waals surface area contributed by atoms with Crippen molar-refractivity contribution in [2.45, 2.75) is 19.4 Å². The van der Waals surface area contributed by atoms with Crippen LogP contribution in [0.15, 0.2) is 18.2 Å². The Kier molecular flexibility index (Phi) is 4.03. The van der Waals surface area contributed by atoms with E-state index in [1.54, 1.807) is 13.0 Å². The third-order valence-electron chi connectivity index (χ3n) is 2.23. The zero-order chi connectivity index (χ0) is 13.0. The van der Waals surface area contributed by atoms with Crippen LogP contribution in [-0.4, -0.2) is 28.3 Å². The van der Waals surface area contributed by atoms with Crippen LogP contribution >= 0.6 is 0 Å². The number of rotatable bonds is 4. The van der Waals surface area contributed by atoms with Crippen molar-refractivity contribution in [3.05, 3.63) is 35.1 Å². The highest BCUT2D eigenvalue weighted by Gasteiger charge is 2.21. The number of benzene rings is 1. The Morgan fingerprint density at radius 1 is 1.41 bits per heavy atom. The summed E-state index contributed by atoms with van der Waals surface area (Å²) in [6.07, 6.45) is -1.68. The van der Waals surface area contributed by atoms with E-state index in [1.165, 1.54) is 12.1 Å². The summed E-state index contributed by atoms with van der Waals surface area (Å²) in [6.45, 7) is 1.71. The van der Waals surface area contributed by atoms with Gasteiger partial charge in [-0.3, -0.25) is 0 Å². The molecular formula is C11H12FNO4. The van der Waals surface area contributed by atoms with Crippen molar-refractivity contribution >= 4 is 12.1 Å². The maximum absolute atomic E-state index is 13.4. The highest BCUT2D eigenvalue weighted by Crippen LogP contribution is 2.12. The number of nitrogens with one attached hydrogen (secondary N) is 1. The molecule has 6 heteroatoms. The van der Waals surface area contributed by atoms with Crippen molar-refractivity contribution in [3.8, 4) is 0 Å². The van der Waals surface area contributed by atoms with E-state index in [4.69, 9.17) is 10.2 Å². The molecule has 5 nitrogen and oxygen atoms in total. The second-order valence-corrected chi connectivity index (χ2v) is 3.64. The summed E-state index contributed by atoms with van der Waals surface area (Å²) < 4.78 is 13.4. The molecule has 17 heavy (non-hydrogen) atoms. The van der Waals surface area contributed by atoms with Gasteiger partial charge in [-0.2, -0.15) is 0 Å². The van der Waals surface area contributed by atoms with Crippen molar-refractivity contribution in [2.24, 2.45) is 0 Å². The van der Waals surface area contributed by atoms with Gasteiger partial charge in [0.1, 0.15) is 11.9 Å². The smallest absolute Gasteiger partial charge is 0.405 e. The minimum atomic E-state index is -1.45. The maximum Gasteiger partial charge on any atom is 0.405 e. The molecule has 0 heterocycles. The predicted molar refractivity (Wildman–Crippen MR) is 57.4 cm³/mol. The number of carbonyl (C=O) groups is 2. The van der Waals surface area contributed by atoms with E-state index in [0.717, 1.165) is 0 Å². The van der Waals surface area contributed by atoms with Gasteiger partial charge in [-0.05, 0) is 24.1 Å². The first-order valence-electron chi connectivity index (χ1n) is 4.87. The fourth-order valence-corrected chi connectivity index (χ4v) is 1.39. The molecule has 1 aromatic carbocycles. The predicted octanol–water partition coefficient (Wildman–Crippen LogP) is 1.40. The molecule has 0 spiro atoms. The minimum absolute atomic E-state index is 0.164. The molecule has 1 atom stereocenters. The topological polar surface area (TPSA) is 86.6 Å². The van der Waals surface area contributed by atoms with Gasteiger partial charge in [0.2, 0.25) is 0 Å². The molecule has 0 bridgehead atoms. The number of aliphatic carboxylic acids is 1. The summed E-state index contributed by atoms with van der Waals surface area (Å²) >= 11 is 0. The molecule has 3 N–H and O–H groups in total. The monoisotopic (exact) mass is 241 g/mol. The highest BCUT2D eigenvalue weighted by molar-refractivity contribution is 5.79. The van der Waals surface area contributed by atoms with Crippen LogP contribution in [0.4, 0.5) is 9.18 Å². The van der Waals surface area contributed by atoms with Crippen molar-refractivity contribution in [3.63, 3.8) is 0 Å². The quantitative estimate of drug-likeness (QED) is 0.743. The molecule has 0 aliphatic carbocycles. The van der Waals surface area contributed by atoms with Crippen LogP contribution in [-0.2, 0) is 11.2 Å². The van der Waals surface area contributed by atoms with Gasteiger partial charge in [0.15, 0.2) is 0 Å². The molecule has 0 aromatic heterocycles. The molecule has 0 fully saturated rings. The van der Waals surface area contributed by atoms with Crippen LogP contribution in [0.2, 0.25) is 0 Å². The summed E-state index contributed by atoms with van der Waals surface area (Å²) in [5.74, 6) is -1.88. The SMILES string of the molecule is Cc1ccc(C[C@H](NC(=O)O)C(=O)O)c(F)c1. The van der Waals surface area contributed by atoms with Crippen molar-refractivity contribution in [1.82, 2.24) is 5.32 Å². The zero-order valence-electron chi connectivity index (χ0n) is 9.11. The van der Waals surface area contributed by atoms with Crippen LogP contribution in [0, 0.1) is 12.7 Å². The van der Waals surface area contributed by atoms with Crippen LogP contribution in [0.1, 0.15) is 11.1 Å². The first-order chi connectivity index (χ1) is 7.90. The van der Waals surface area contributed by atoms with Gasteiger partial charge < -0.3 is 15.5 Å². The molecule has 0 saturated carbocycles. The van der Waals surface area contributed by atoms with E-state index in [2.05, 4.69) is 0 Å². The second-order valence-electron chi connectivity index (χ2n) is 3.64. The van der Waals surface area contributed by atoms with Gasteiger partial charge in [0.05, 0.1) is 0 Å². The molecule has 1 amide bonds. The summed E-state index contributed by atoms with van der Waals surface area (Å²) in [7, 11) is 0. The van der Waals surface area contributed by atoms with Crippen LogP contribution in [0.5, 0.6) is 0 Å². The number of carboxylic acid groups (broad SMARTS) is 2. The highest BCUT2D eigenvalue weighted by atomic mass is 19.1. The Hall–Kier alpha value is -2.11. The zero-order valence-corrected chi connectivity index (χ0v) is 9.11. The molecule has 0 unspecified atom stereocenters. The average Bonchev–Trinajstić information content (AvgIpc) is 2.19. The summed E-state index contributed by atoms with van der Waals surface area (Å²) in [4.78, 5) is 21.1. The first-order valence-corrected chi connectivity index (χ1v) is 4.87. The summed E-state index contributed by atoms with van der Waals surface area (Å²) in [6, 6.07) is 3.00. The molecule has 92 valence electrons. The van der Waals surface area contributed by atoms with Crippen LogP contribution < -0.4 is 5.32 Å². The number of halogens is 1. The lowest BCUT2D eigenvalue weighted by Crippen LogP contribution is -2.41. The normalized spacial score (nSPS) is 11.9. The van der Waals surface area contributed by atoms with E-state index in [9.17, 15) is 14.0 Å². The van der Waals surface area contributed by atoms with Crippen LogP contribution in [0.3, 0.4) is 0 Å². The Bertz CT molecular complexity index is 447. The second kappa shape index (κ2) is 5.29. The minimum Gasteiger partial charge on any atom is -0.480 e. The molecule has 1 aromatic rings.